The maximum absolute atomic E-state index is 11.4. The van der Waals surface area contributed by atoms with Gasteiger partial charge in [-0.15, -0.1) is 0 Å². The number of aliphatic hydroxyl groups is 1. The predicted molar refractivity (Wildman–Crippen MR) is 68.2 cm³/mol. The molecule has 1 heterocycles. The van der Waals surface area contributed by atoms with Gasteiger partial charge in [0.05, 0.1) is 12.6 Å². The summed E-state index contributed by atoms with van der Waals surface area (Å²) < 4.78 is 0. The third-order valence-electron chi connectivity index (χ3n) is 2.45. The van der Waals surface area contributed by atoms with Gasteiger partial charge in [0.1, 0.15) is 11.6 Å². The second-order valence-electron chi connectivity index (χ2n) is 4.58. The third-order valence-corrected chi connectivity index (χ3v) is 2.45. The van der Waals surface area contributed by atoms with Crippen molar-refractivity contribution in [1.82, 2.24) is 9.97 Å². The lowest BCUT2D eigenvalue weighted by Crippen LogP contribution is -2.27. The molecule has 1 rings (SSSR count). The highest BCUT2D eigenvalue weighted by Gasteiger charge is 2.10. The zero-order valence-corrected chi connectivity index (χ0v) is 10.7. The average molecular weight is 239 g/mol. The molecule has 5 heteroatoms. The standard InChI is InChI=1S/C12H21N3O2/c1-4-10-14-11(6-12(17)15-10)13-9(7-16)5-8(2)3/h6,8-9,16H,4-5,7H2,1-3H3,(H2,13,14,15,17). The molecule has 0 aromatic carbocycles. The highest BCUT2D eigenvalue weighted by Crippen LogP contribution is 2.09. The number of anilines is 1. The fraction of sp³-hybridized carbons (Fsp3) is 0.667. The minimum atomic E-state index is -0.166. The summed E-state index contributed by atoms with van der Waals surface area (Å²) in [5.74, 6) is 1.67. The van der Waals surface area contributed by atoms with Crippen LogP contribution in [0, 0.1) is 5.92 Å². The second kappa shape index (κ2) is 6.39. The fourth-order valence-electron chi connectivity index (χ4n) is 1.71. The van der Waals surface area contributed by atoms with Crippen molar-refractivity contribution < 1.29 is 5.11 Å². The number of hydrogen-bond acceptors (Lipinski definition) is 4. The number of nitrogens with one attached hydrogen (secondary N) is 2. The quantitative estimate of drug-likeness (QED) is 0.696. The van der Waals surface area contributed by atoms with Crippen LogP contribution in [0.15, 0.2) is 10.9 Å². The Morgan fingerprint density at radius 1 is 1.53 bits per heavy atom. The summed E-state index contributed by atoms with van der Waals surface area (Å²) in [6.07, 6.45) is 1.52. The number of aromatic amines is 1. The minimum absolute atomic E-state index is 0.0358. The van der Waals surface area contributed by atoms with Gasteiger partial charge in [-0.05, 0) is 12.3 Å². The van der Waals surface area contributed by atoms with E-state index in [1.807, 2.05) is 6.92 Å². The Kier molecular flexibility index (Phi) is 5.15. The molecule has 0 bridgehead atoms. The van der Waals surface area contributed by atoms with Gasteiger partial charge in [-0.1, -0.05) is 20.8 Å². The molecule has 0 aliphatic rings. The lowest BCUT2D eigenvalue weighted by Gasteiger charge is -2.18. The lowest BCUT2D eigenvalue weighted by molar-refractivity contribution is 0.259. The molecule has 5 nitrogen and oxygen atoms in total. The highest BCUT2D eigenvalue weighted by molar-refractivity contribution is 5.34. The van der Waals surface area contributed by atoms with Gasteiger partial charge in [0.25, 0.3) is 5.56 Å². The molecule has 17 heavy (non-hydrogen) atoms. The van der Waals surface area contributed by atoms with Crippen LogP contribution in [0.25, 0.3) is 0 Å². The molecule has 0 radical (unpaired) electrons. The molecule has 1 atom stereocenters. The molecule has 0 aliphatic carbocycles. The zero-order chi connectivity index (χ0) is 12.8. The molecule has 1 aromatic heterocycles. The van der Waals surface area contributed by atoms with Crippen LogP contribution in [0.1, 0.15) is 33.0 Å². The van der Waals surface area contributed by atoms with Crippen LogP contribution in [0.2, 0.25) is 0 Å². The SMILES string of the molecule is CCc1nc(NC(CO)CC(C)C)cc(=O)[nH]1. The number of aromatic nitrogens is 2. The molecular formula is C12H21N3O2. The Bertz CT molecular complexity index is 401. The fourth-order valence-corrected chi connectivity index (χ4v) is 1.71. The largest absolute Gasteiger partial charge is 0.394 e. The first-order valence-electron chi connectivity index (χ1n) is 6.02. The van der Waals surface area contributed by atoms with E-state index in [0.717, 1.165) is 6.42 Å². The molecule has 1 unspecified atom stereocenters. The topological polar surface area (TPSA) is 78.0 Å². The summed E-state index contributed by atoms with van der Waals surface area (Å²) in [4.78, 5) is 18.3. The maximum atomic E-state index is 11.4. The Morgan fingerprint density at radius 3 is 2.76 bits per heavy atom. The summed E-state index contributed by atoms with van der Waals surface area (Å²) >= 11 is 0. The van der Waals surface area contributed by atoms with Gasteiger partial charge in [-0.3, -0.25) is 4.79 Å². The zero-order valence-electron chi connectivity index (χ0n) is 10.7. The van der Waals surface area contributed by atoms with Crippen LogP contribution < -0.4 is 10.9 Å². The molecule has 0 saturated heterocycles. The first kappa shape index (κ1) is 13.7. The van der Waals surface area contributed by atoms with E-state index in [9.17, 15) is 9.90 Å². The third kappa shape index (κ3) is 4.56. The minimum Gasteiger partial charge on any atom is -0.394 e. The number of aliphatic hydroxyl groups excluding tert-OH is 1. The molecule has 96 valence electrons. The Balaban J connectivity index is 2.78. The summed E-state index contributed by atoms with van der Waals surface area (Å²) in [6, 6.07) is 1.36. The van der Waals surface area contributed by atoms with E-state index in [4.69, 9.17) is 0 Å². The molecule has 0 amide bonds. The number of nitrogens with zero attached hydrogens (tertiary/aromatic N) is 1. The molecule has 1 aromatic rings. The molecule has 3 N–H and O–H groups in total. The average Bonchev–Trinajstić information content (AvgIpc) is 2.26. The van der Waals surface area contributed by atoms with Crippen molar-refractivity contribution in [2.45, 2.75) is 39.7 Å². The number of H-pyrrole nitrogens is 1. The Labute approximate surface area is 101 Å². The monoisotopic (exact) mass is 239 g/mol. The van der Waals surface area contributed by atoms with Gasteiger partial charge >= 0.3 is 0 Å². The molecule has 0 saturated carbocycles. The summed E-state index contributed by atoms with van der Waals surface area (Å²) in [7, 11) is 0. The van der Waals surface area contributed by atoms with E-state index in [1.54, 1.807) is 0 Å². The van der Waals surface area contributed by atoms with Crippen molar-refractivity contribution in [3.05, 3.63) is 22.2 Å². The normalized spacial score (nSPS) is 12.8. The molecule has 0 spiro atoms. The van der Waals surface area contributed by atoms with Crippen LogP contribution in [-0.2, 0) is 6.42 Å². The maximum Gasteiger partial charge on any atom is 0.252 e. The molecule has 0 fully saturated rings. The van der Waals surface area contributed by atoms with Crippen LogP contribution >= 0.6 is 0 Å². The van der Waals surface area contributed by atoms with Gasteiger partial charge in [0, 0.05) is 12.5 Å². The summed E-state index contributed by atoms with van der Waals surface area (Å²) in [6.45, 7) is 6.15. The summed E-state index contributed by atoms with van der Waals surface area (Å²) in [5.41, 5.74) is -0.166. The van der Waals surface area contributed by atoms with Gasteiger partial charge in [-0.2, -0.15) is 0 Å². The smallest absolute Gasteiger partial charge is 0.252 e. The van der Waals surface area contributed by atoms with E-state index in [0.29, 0.717) is 24.0 Å². The Morgan fingerprint density at radius 2 is 2.24 bits per heavy atom. The van der Waals surface area contributed by atoms with E-state index in [2.05, 4.69) is 29.1 Å². The number of aryl methyl sites for hydroxylation is 1. The number of rotatable bonds is 6. The first-order chi connectivity index (χ1) is 8.05. The first-order valence-corrected chi connectivity index (χ1v) is 6.02. The van der Waals surface area contributed by atoms with E-state index < -0.39 is 0 Å². The second-order valence-corrected chi connectivity index (χ2v) is 4.58. The van der Waals surface area contributed by atoms with Crippen molar-refractivity contribution in [3.63, 3.8) is 0 Å². The van der Waals surface area contributed by atoms with E-state index >= 15 is 0 Å². The van der Waals surface area contributed by atoms with Crippen molar-refractivity contribution in [3.8, 4) is 0 Å². The molecule has 0 aliphatic heterocycles. The van der Waals surface area contributed by atoms with Crippen molar-refractivity contribution in [2.75, 3.05) is 11.9 Å². The van der Waals surface area contributed by atoms with Gasteiger partial charge in [-0.25, -0.2) is 4.98 Å². The Hall–Kier alpha value is -1.36. The van der Waals surface area contributed by atoms with Crippen molar-refractivity contribution in [1.29, 1.82) is 0 Å². The van der Waals surface area contributed by atoms with Crippen LogP contribution in [0.4, 0.5) is 5.82 Å². The van der Waals surface area contributed by atoms with Crippen LogP contribution in [-0.4, -0.2) is 27.7 Å². The van der Waals surface area contributed by atoms with E-state index in [-0.39, 0.29) is 18.2 Å². The number of hydrogen-bond donors (Lipinski definition) is 3. The van der Waals surface area contributed by atoms with Gasteiger partial charge in [0.15, 0.2) is 0 Å². The lowest BCUT2D eigenvalue weighted by atomic mass is 10.0. The van der Waals surface area contributed by atoms with E-state index in [1.165, 1.54) is 6.07 Å². The van der Waals surface area contributed by atoms with Crippen molar-refractivity contribution in [2.24, 2.45) is 5.92 Å². The highest BCUT2D eigenvalue weighted by atomic mass is 16.3. The van der Waals surface area contributed by atoms with Gasteiger partial charge < -0.3 is 15.4 Å². The van der Waals surface area contributed by atoms with Crippen LogP contribution in [0.5, 0.6) is 0 Å². The van der Waals surface area contributed by atoms with Crippen molar-refractivity contribution >= 4 is 5.82 Å². The predicted octanol–water partition coefficient (Wildman–Crippen LogP) is 1.15. The summed E-state index contributed by atoms with van der Waals surface area (Å²) in [5, 5.41) is 12.4. The van der Waals surface area contributed by atoms with Gasteiger partial charge in [0.2, 0.25) is 0 Å². The molecular weight excluding hydrogens is 218 g/mol. The van der Waals surface area contributed by atoms with Crippen LogP contribution in [0.3, 0.4) is 0 Å².